The average molecular weight is 321 g/mol. The smallest absolute Gasteiger partial charge is 0.159 e. The highest BCUT2D eigenvalue weighted by atomic mass is 19.2. The van der Waals surface area contributed by atoms with Crippen molar-refractivity contribution in [1.29, 1.82) is 0 Å². The summed E-state index contributed by atoms with van der Waals surface area (Å²) in [5.74, 6) is -1.07. The Balaban J connectivity index is 1.92. The van der Waals surface area contributed by atoms with Crippen molar-refractivity contribution in [2.24, 2.45) is 0 Å². The zero-order valence-electron chi connectivity index (χ0n) is 13.2. The maximum absolute atomic E-state index is 13.2. The van der Waals surface area contributed by atoms with Crippen LogP contribution in [0, 0.1) is 11.6 Å². The van der Waals surface area contributed by atoms with Crippen LogP contribution < -0.4 is 10.1 Å². The number of benzene rings is 2. The molecular weight excluding hydrogens is 300 g/mol. The van der Waals surface area contributed by atoms with Gasteiger partial charge in [0.1, 0.15) is 5.75 Å². The largest absolute Gasteiger partial charge is 0.494 e. The normalized spacial score (nSPS) is 13.6. The Labute approximate surface area is 134 Å². The molecule has 0 aliphatic heterocycles. The number of ether oxygens (including phenoxy) is 1. The summed E-state index contributed by atoms with van der Waals surface area (Å²) in [6.07, 6.45) is -0.923. The van der Waals surface area contributed by atoms with Crippen LogP contribution in [-0.4, -0.2) is 17.8 Å². The highest BCUT2D eigenvalue weighted by Gasteiger charge is 2.17. The number of halogens is 2. The summed E-state index contributed by atoms with van der Waals surface area (Å²) >= 11 is 0. The predicted octanol–water partition coefficient (Wildman–Crippen LogP) is 3.58. The first-order valence-corrected chi connectivity index (χ1v) is 7.59. The molecule has 0 aromatic heterocycles. The lowest BCUT2D eigenvalue weighted by Gasteiger charge is -2.21. The SMILES string of the molecule is CCOc1ccc(CNC(C)C(O)c2ccc(F)c(F)c2)cc1. The Morgan fingerprint density at radius 2 is 1.78 bits per heavy atom. The Hall–Kier alpha value is -1.98. The standard InChI is InChI=1S/C18H21F2NO2/c1-3-23-15-7-4-13(5-8-15)11-21-12(2)18(22)14-6-9-16(19)17(20)10-14/h4-10,12,18,21-22H,3,11H2,1-2H3. The Kier molecular flexibility index (Phi) is 6.07. The average Bonchev–Trinajstić information content (AvgIpc) is 2.56. The summed E-state index contributed by atoms with van der Waals surface area (Å²) in [6, 6.07) is 10.8. The zero-order valence-corrected chi connectivity index (χ0v) is 13.2. The molecule has 2 aromatic rings. The minimum absolute atomic E-state index is 0.313. The van der Waals surface area contributed by atoms with Gasteiger partial charge in [0.2, 0.25) is 0 Å². The minimum atomic E-state index is -0.958. The summed E-state index contributed by atoms with van der Waals surface area (Å²) in [5, 5.41) is 13.4. The number of nitrogens with one attached hydrogen (secondary N) is 1. The lowest BCUT2D eigenvalue weighted by atomic mass is 10.0. The summed E-state index contributed by atoms with van der Waals surface area (Å²) < 4.78 is 31.6. The molecule has 0 aliphatic carbocycles. The van der Waals surface area contributed by atoms with Gasteiger partial charge in [-0.1, -0.05) is 18.2 Å². The van der Waals surface area contributed by atoms with Gasteiger partial charge in [-0.25, -0.2) is 8.78 Å². The maximum atomic E-state index is 13.2. The lowest BCUT2D eigenvalue weighted by molar-refractivity contribution is 0.135. The van der Waals surface area contributed by atoms with E-state index < -0.39 is 17.7 Å². The van der Waals surface area contributed by atoms with E-state index in [2.05, 4.69) is 5.32 Å². The van der Waals surface area contributed by atoms with Crippen LogP contribution in [0.4, 0.5) is 8.78 Å². The first-order chi connectivity index (χ1) is 11.0. The van der Waals surface area contributed by atoms with E-state index in [1.54, 1.807) is 6.92 Å². The van der Waals surface area contributed by atoms with Crippen molar-refractivity contribution in [1.82, 2.24) is 5.32 Å². The van der Waals surface area contributed by atoms with Gasteiger partial charge in [-0.2, -0.15) is 0 Å². The molecule has 3 nitrogen and oxygen atoms in total. The molecule has 2 atom stereocenters. The number of hydrogen-bond donors (Lipinski definition) is 2. The molecule has 5 heteroatoms. The lowest BCUT2D eigenvalue weighted by Crippen LogP contribution is -2.31. The fourth-order valence-corrected chi connectivity index (χ4v) is 2.25. The molecule has 0 spiro atoms. The highest BCUT2D eigenvalue weighted by Crippen LogP contribution is 2.20. The van der Waals surface area contributed by atoms with Gasteiger partial charge >= 0.3 is 0 Å². The summed E-state index contributed by atoms with van der Waals surface area (Å²) in [7, 11) is 0. The van der Waals surface area contributed by atoms with E-state index in [9.17, 15) is 13.9 Å². The Morgan fingerprint density at radius 3 is 2.39 bits per heavy atom. The molecule has 0 aliphatic rings. The van der Waals surface area contributed by atoms with Crippen molar-refractivity contribution in [3.8, 4) is 5.75 Å². The van der Waals surface area contributed by atoms with E-state index in [-0.39, 0.29) is 6.04 Å². The van der Waals surface area contributed by atoms with E-state index in [0.717, 1.165) is 23.4 Å². The first-order valence-electron chi connectivity index (χ1n) is 7.59. The van der Waals surface area contributed by atoms with Crippen molar-refractivity contribution < 1.29 is 18.6 Å². The van der Waals surface area contributed by atoms with Gasteiger partial charge in [0.25, 0.3) is 0 Å². The molecule has 0 bridgehead atoms. The summed E-state index contributed by atoms with van der Waals surface area (Å²) in [4.78, 5) is 0. The molecule has 0 heterocycles. The topological polar surface area (TPSA) is 41.5 Å². The second kappa shape index (κ2) is 8.04. The van der Waals surface area contributed by atoms with Crippen LogP contribution in [0.2, 0.25) is 0 Å². The molecule has 124 valence electrons. The van der Waals surface area contributed by atoms with Crippen molar-refractivity contribution in [2.75, 3.05) is 6.61 Å². The maximum Gasteiger partial charge on any atom is 0.159 e. The van der Waals surface area contributed by atoms with Gasteiger partial charge in [-0.05, 0) is 49.2 Å². The van der Waals surface area contributed by atoms with Crippen molar-refractivity contribution >= 4 is 0 Å². The zero-order chi connectivity index (χ0) is 16.8. The Morgan fingerprint density at radius 1 is 1.09 bits per heavy atom. The van der Waals surface area contributed by atoms with Gasteiger partial charge in [0, 0.05) is 12.6 Å². The Bertz CT molecular complexity index is 631. The van der Waals surface area contributed by atoms with Gasteiger partial charge in [-0.3, -0.25) is 0 Å². The van der Waals surface area contributed by atoms with Gasteiger partial charge < -0.3 is 15.2 Å². The van der Waals surface area contributed by atoms with Gasteiger partial charge in [-0.15, -0.1) is 0 Å². The van der Waals surface area contributed by atoms with Gasteiger partial charge in [0.15, 0.2) is 11.6 Å². The number of rotatable bonds is 7. The molecule has 0 saturated carbocycles. The van der Waals surface area contributed by atoms with Crippen LogP contribution in [0.1, 0.15) is 31.1 Å². The number of aliphatic hydroxyl groups is 1. The molecule has 0 radical (unpaired) electrons. The van der Waals surface area contributed by atoms with Crippen molar-refractivity contribution in [2.45, 2.75) is 32.5 Å². The second-order valence-electron chi connectivity index (χ2n) is 5.36. The third-order valence-electron chi connectivity index (χ3n) is 3.62. The fourth-order valence-electron chi connectivity index (χ4n) is 2.25. The van der Waals surface area contributed by atoms with Crippen LogP contribution in [0.3, 0.4) is 0 Å². The fraction of sp³-hybridized carbons (Fsp3) is 0.333. The van der Waals surface area contributed by atoms with E-state index >= 15 is 0 Å². The van der Waals surface area contributed by atoms with E-state index in [0.29, 0.717) is 18.7 Å². The predicted molar refractivity (Wildman–Crippen MR) is 85.2 cm³/mol. The van der Waals surface area contributed by atoms with Crippen LogP contribution in [-0.2, 0) is 6.54 Å². The third-order valence-corrected chi connectivity index (χ3v) is 3.62. The quantitative estimate of drug-likeness (QED) is 0.819. The molecule has 23 heavy (non-hydrogen) atoms. The van der Waals surface area contributed by atoms with Crippen molar-refractivity contribution in [3.63, 3.8) is 0 Å². The number of hydrogen-bond acceptors (Lipinski definition) is 3. The molecule has 0 amide bonds. The molecule has 2 unspecified atom stereocenters. The van der Waals surface area contributed by atoms with Crippen LogP contribution in [0.25, 0.3) is 0 Å². The molecule has 0 saturated heterocycles. The van der Waals surface area contributed by atoms with E-state index in [4.69, 9.17) is 4.74 Å². The monoisotopic (exact) mass is 321 g/mol. The molecule has 2 N–H and O–H groups in total. The minimum Gasteiger partial charge on any atom is -0.494 e. The highest BCUT2D eigenvalue weighted by molar-refractivity contribution is 5.27. The van der Waals surface area contributed by atoms with Gasteiger partial charge in [0.05, 0.1) is 12.7 Å². The first kappa shape index (κ1) is 17.4. The number of aliphatic hydroxyl groups excluding tert-OH is 1. The molecular formula is C18H21F2NO2. The molecule has 2 rings (SSSR count). The van der Waals surface area contributed by atoms with Crippen LogP contribution in [0.15, 0.2) is 42.5 Å². The summed E-state index contributed by atoms with van der Waals surface area (Å²) in [6.45, 7) is 4.89. The summed E-state index contributed by atoms with van der Waals surface area (Å²) in [5.41, 5.74) is 1.38. The van der Waals surface area contributed by atoms with Crippen molar-refractivity contribution in [3.05, 3.63) is 65.2 Å². The molecule has 2 aromatic carbocycles. The van der Waals surface area contributed by atoms with E-state index in [1.165, 1.54) is 6.07 Å². The second-order valence-corrected chi connectivity index (χ2v) is 5.36. The van der Waals surface area contributed by atoms with Crippen LogP contribution >= 0.6 is 0 Å². The molecule has 0 fully saturated rings. The van der Waals surface area contributed by atoms with E-state index in [1.807, 2.05) is 31.2 Å². The third kappa shape index (κ3) is 4.74. The van der Waals surface area contributed by atoms with Crippen LogP contribution in [0.5, 0.6) is 5.75 Å².